The van der Waals surface area contributed by atoms with Crippen LogP contribution in [0.25, 0.3) is 16.7 Å². The molecule has 0 aliphatic carbocycles. The van der Waals surface area contributed by atoms with Crippen molar-refractivity contribution < 1.29 is 0 Å². The third kappa shape index (κ3) is 4.35. The maximum absolute atomic E-state index is 8.84. The van der Waals surface area contributed by atoms with Crippen LogP contribution in [0.5, 0.6) is 0 Å². The highest BCUT2D eigenvalue weighted by Gasteiger charge is 2.12. The quantitative estimate of drug-likeness (QED) is 0.294. The van der Waals surface area contributed by atoms with Gasteiger partial charge in [0.1, 0.15) is 11.0 Å². The van der Waals surface area contributed by atoms with Crippen LogP contribution in [-0.2, 0) is 0 Å². The Morgan fingerprint density at radius 3 is 2.41 bits per heavy atom. The molecule has 29 heavy (non-hydrogen) atoms. The van der Waals surface area contributed by atoms with Gasteiger partial charge in [0.05, 0.1) is 11.4 Å². The molecule has 1 N–H and O–H groups in total. The number of rotatable bonds is 5. The van der Waals surface area contributed by atoms with Crippen LogP contribution >= 0.6 is 11.8 Å². The van der Waals surface area contributed by atoms with E-state index in [1.807, 2.05) is 31.5 Å². The van der Waals surface area contributed by atoms with E-state index in [1.165, 1.54) is 17.4 Å². The second-order valence-electron chi connectivity index (χ2n) is 6.62. The molecule has 0 fully saturated rings. The minimum Gasteiger partial charge on any atom is -0.372 e. The van der Waals surface area contributed by atoms with Crippen LogP contribution in [0.4, 0.5) is 11.4 Å². The minimum atomic E-state index is 0.546. The van der Waals surface area contributed by atoms with Crippen molar-refractivity contribution in [2.24, 2.45) is 4.99 Å². The molecule has 3 aromatic rings. The summed E-state index contributed by atoms with van der Waals surface area (Å²) >= 11 is 1.39. The number of hydrogen-bond donors (Lipinski definition) is 1. The molecular weight excluding hydrogens is 382 g/mol. The lowest BCUT2D eigenvalue weighted by molar-refractivity contribution is 0.759. The van der Waals surface area contributed by atoms with Crippen molar-refractivity contribution in [3.8, 4) is 11.9 Å². The van der Waals surface area contributed by atoms with Gasteiger partial charge >= 0.3 is 0 Å². The fourth-order valence-corrected chi connectivity index (χ4v) is 3.55. The topological polar surface area (TPSA) is 82.1 Å². The number of aliphatic imine (C=N–C) groups is 1. The van der Waals surface area contributed by atoms with Crippen molar-refractivity contribution in [3.05, 3.63) is 41.5 Å². The summed E-state index contributed by atoms with van der Waals surface area (Å²) in [5.41, 5.74) is 6.60. The molecule has 8 heteroatoms. The van der Waals surface area contributed by atoms with E-state index in [0.29, 0.717) is 5.17 Å². The molecule has 0 spiro atoms. The van der Waals surface area contributed by atoms with Crippen LogP contribution in [0.2, 0.25) is 0 Å². The fraction of sp³-hybridized carbons (Fsp3) is 0.333. The summed E-state index contributed by atoms with van der Waals surface area (Å²) in [6.07, 6.45) is 3.78. The summed E-state index contributed by atoms with van der Waals surface area (Å²) in [7, 11) is 0. The predicted octanol–water partition coefficient (Wildman–Crippen LogP) is 4.30. The van der Waals surface area contributed by atoms with Gasteiger partial charge in [-0.2, -0.15) is 10.1 Å². The van der Waals surface area contributed by atoms with E-state index in [0.717, 1.165) is 46.6 Å². The van der Waals surface area contributed by atoms with E-state index in [1.54, 1.807) is 4.80 Å². The van der Waals surface area contributed by atoms with Gasteiger partial charge in [0.15, 0.2) is 11.4 Å². The molecule has 150 valence electrons. The van der Waals surface area contributed by atoms with Crippen molar-refractivity contribution in [3.63, 3.8) is 0 Å². The number of nitrogens with one attached hydrogen (secondary N) is 1. The molecule has 0 atom stereocenters. The normalized spacial score (nSPS) is 11.5. The zero-order valence-electron chi connectivity index (χ0n) is 17.4. The van der Waals surface area contributed by atoms with E-state index in [4.69, 9.17) is 5.26 Å². The first kappa shape index (κ1) is 20.7. The van der Waals surface area contributed by atoms with Gasteiger partial charge in [-0.25, -0.2) is 4.99 Å². The standard InChI is InChI=1S/C21H25N7S/c1-6-27(7-2)16-8-9-20(15(4)10-16)28-25-18-11-14(3)17(12-19(18)26-28)24-21(29-5)23-13-22/h8-12H,6-7H2,1-5H3,(H,23,24). The second-order valence-corrected chi connectivity index (χ2v) is 7.41. The summed E-state index contributed by atoms with van der Waals surface area (Å²) in [6, 6.07) is 10.2. The molecule has 0 saturated heterocycles. The molecule has 0 aliphatic heterocycles. The average Bonchev–Trinajstić information content (AvgIpc) is 3.11. The zero-order valence-corrected chi connectivity index (χ0v) is 18.2. The number of fused-ring (bicyclic) bond motifs is 1. The van der Waals surface area contributed by atoms with Crippen LogP contribution < -0.4 is 10.2 Å². The Kier molecular flexibility index (Phi) is 6.39. The zero-order chi connectivity index (χ0) is 21.0. The summed E-state index contributed by atoms with van der Waals surface area (Å²) in [5.74, 6) is 0. The Bertz CT molecular complexity index is 1090. The number of hydrogen-bond acceptors (Lipinski definition) is 6. The van der Waals surface area contributed by atoms with Gasteiger partial charge in [0.25, 0.3) is 0 Å². The molecule has 0 radical (unpaired) electrons. The number of nitriles is 1. The van der Waals surface area contributed by atoms with Crippen LogP contribution in [0, 0.1) is 25.3 Å². The third-order valence-electron chi connectivity index (χ3n) is 4.80. The second kappa shape index (κ2) is 8.97. The molecule has 0 saturated carbocycles. The number of anilines is 1. The number of aryl methyl sites for hydroxylation is 2. The Morgan fingerprint density at radius 1 is 1.14 bits per heavy atom. The first-order chi connectivity index (χ1) is 14.0. The predicted molar refractivity (Wildman–Crippen MR) is 121 cm³/mol. The van der Waals surface area contributed by atoms with E-state index in [-0.39, 0.29) is 0 Å². The Hall–Kier alpha value is -3.05. The Labute approximate surface area is 175 Å². The lowest BCUT2D eigenvalue weighted by Gasteiger charge is -2.22. The maximum Gasteiger partial charge on any atom is 0.183 e. The highest BCUT2D eigenvalue weighted by Crippen LogP contribution is 2.27. The molecule has 2 aromatic carbocycles. The van der Waals surface area contributed by atoms with Crippen LogP contribution in [0.3, 0.4) is 0 Å². The number of benzene rings is 2. The SMILES string of the molecule is CCN(CC)c1ccc(-n2nc3cc(C)c(N=C(NC#N)SC)cc3n2)c(C)c1. The largest absolute Gasteiger partial charge is 0.372 e. The maximum atomic E-state index is 8.84. The summed E-state index contributed by atoms with van der Waals surface area (Å²) in [5, 5.41) is 21.3. The smallest absolute Gasteiger partial charge is 0.183 e. The van der Waals surface area contributed by atoms with E-state index < -0.39 is 0 Å². The Balaban J connectivity index is 2.01. The number of amidine groups is 1. The van der Waals surface area contributed by atoms with E-state index in [2.05, 4.69) is 64.4 Å². The van der Waals surface area contributed by atoms with Crippen molar-refractivity contribution in [1.29, 1.82) is 5.26 Å². The number of nitrogens with zero attached hydrogens (tertiary/aromatic N) is 6. The van der Waals surface area contributed by atoms with Crippen molar-refractivity contribution in [2.45, 2.75) is 27.7 Å². The van der Waals surface area contributed by atoms with Gasteiger partial charge < -0.3 is 4.90 Å². The first-order valence-corrected chi connectivity index (χ1v) is 10.7. The molecule has 1 aromatic heterocycles. The van der Waals surface area contributed by atoms with Gasteiger partial charge in [-0.05, 0) is 75.4 Å². The van der Waals surface area contributed by atoms with Gasteiger partial charge in [0.2, 0.25) is 0 Å². The molecule has 3 rings (SSSR count). The molecule has 0 amide bonds. The van der Waals surface area contributed by atoms with Gasteiger partial charge in [0, 0.05) is 18.8 Å². The molecule has 0 unspecified atom stereocenters. The molecule has 0 bridgehead atoms. The van der Waals surface area contributed by atoms with Gasteiger partial charge in [-0.1, -0.05) is 11.8 Å². The highest BCUT2D eigenvalue weighted by atomic mass is 32.2. The first-order valence-electron chi connectivity index (χ1n) is 9.52. The van der Waals surface area contributed by atoms with Crippen LogP contribution in [0.15, 0.2) is 35.3 Å². The van der Waals surface area contributed by atoms with Crippen molar-refractivity contribution >= 4 is 39.3 Å². The van der Waals surface area contributed by atoms with Gasteiger partial charge in [-0.3, -0.25) is 5.32 Å². The third-order valence-corrected chi connectivity index (χ3v) is 5.38. The van der Waals surface area contributed by atoms with Crippen molar-refractivity contribution in [1.82, 2.24) is 20.3 Å². The van der Waals surface area contributed by atoms with Crippen LogP contribution in [-0.4, -0.2) is 39.5 Å². The monoisotopic (exact) mass is 407 g/mol. The van der Waals surface area contributed by atoms with Gasteiger partial charge in [-0.15, -0.1) is 10.2 Å². The lowest BCUT2D eigenvalue weighted by Crippen LogP contribution is -2.21. The summed E-state index contributed by atoms with van der Waals surface area (Å²) in [4.78, 5) is 8.53. The molecule has 1 heterocycles. The molecule has 7 nitrogen and oxygen atoms in total. The average molecular weight is 408 g/mol. The summed E-state index contributed by atoms with van der Waals surface area (Å²) < 4.78 is 0. The molecule has 0 aliphatic rings. The highest BCUT2D eigenvalue weighted by molar-refractivity contribution is 8.13. The molecular formula is C21H25N7S. The number of thioether (sulfide) groups is 1. The Morgan fingerprint density at radius 2 is 1.83 bits per heavy atom. The lowest BCUT2D eigenvalue weighted by atomic mass is 10.1. The minimum absolute atomic E-state index is 0.546. The summed E-state index contributed by atoms with van der Waals surface area (Å²) in [6.45, 7) is 10.3. The van der Waals surface area contributed by atoms with Crippen LogP contribution in [0.1, 0.15) is 25.0 Å². The van der Waals surface area contributed by atoms with Crippen molar-refractivity contribution in [2.75, 3.05) is 24.2 Å². The van der Waals surface area contributed by atoms with E-state index in [9.17, 15) is 0 Å². The fourth-order valence-electron chi connectivity index (χ4n) is 3.22. The number of aromatic nitrogens is 3. The van der Waals surface area contributed by atoms with E-state index >= 15 is 0 Å².